The van der Waals surface area contributed by atoms with Gasteiger partial charge in [-0.15, -0.1) is 5.46 Å². The van der Waals surface area contributed by atoms with Crippen LogP contribution in [0.4, 0.5) is 12.9 Å². The predicted octanol–water partition coefficient (Wildman–Crippen LogP) is 4.48. The summed E-state index contributed by atoms with van der Waals surface area (Å²) in [6, 6.07) is 4.94. The molecule has 1 rings (SSSR count). The first kappa shape index (κ1) is 15.9. The first-order valence-electron chi connectivity index (χ1n) is 6.96. The van der Waals surface area contributed by atoms with Crippen molar-refractivity contribution >= 4 is 12.4 Å². The second-order valence-corrected chi connectivity index (χ2v) is 4.76. The van der Waals surface area contributed by atoms with Crippen molar-refractivity contribution in [3.63, 3.8) is 0 Å². The lowest BCUT2D eigenvalue weighted by atomic mass is 9.80. The second kappa shape index (κ2) is 8.13. The van der Waals surface area contributed by atoms with Crippen LogP contribution in [-0.2, 0) is 0 Å². The molecule has 1 aromatic carbocycles. The molecule has 5 heteroatoms. The van der Waals surface area contributed by atoms with Gasteiger partial charge in [0, 0.05) is 0 Å². The zero-order chi connectivity index (χ0) is 14.1. The molecule has 0 aliphatic rings. The first-order chi connectivity index (χ1) is 9.04. The normalized spacial score (nSPS) is 11.6. The molecule has 0 atom stereocenters. The van der Waals surface area contributed by atoms with Crippen LogP contribution in [0.5, 0.6) is 5.75 Å². The molecule has 0 spiro atoms. The van der Waals surface area contributed by atoms with E-state index in [2.05, 4.69) is 6.92 Å². The van der Waals surface area contributed by atoms with Gasteiger partial charge in [0.15, 0.2) is 0 Å². The van der Waals surface area contributed by atoms with Crippen molar-refractivity contribution < 1.29 is 17.7 Å². The molecule has 108 valence electrons. The largest absolute Gasteiger partial charge is 0.509 e. The van der Waals surface area contributed by atoms with Gasteiger partial charge in [-0.3, -0.25) is 0 Å². The average molecular weight is 273 g/mol. The Morgan fingerprint density at radius 3 is 2.05 bits per heavy atom. The number of hydrogen-bond acceptors (Lipinski definition) is 1. The summed E-state index contributed by atoms with van der Waals surface area (Å²) in [6.45, 7) is -2.16. The topological polar surface area (TPSA) is 9.23 Å². The van der Waals surface area contributed by atoms with Gasteiger partial charge < -0.3 is 17.7 Å². The Balaban J connectivity index is 2.20. The monoisotopic (exact) mass is 273 g/mol. The van der Waals surface area contributed by atoms with Crippen LogP contribution < -0.4 is 10.2 Å². The third kappa shape index (κ3) is 6.55. The molecule has 0 amide bonds. The molecule has 0 saturated heterocycles. The maximum atomic E-state index is 12.4. The lowest BCUT2D eigenvalue weighted by Gasteiger charge is -2.15. The van der Waals surface area contributed by atoms with Crippen molar-refractivity contribution in [3.8, 4) is 5.75 Å². The molecule has 19 heavy (non-hydrogen) atoms. The van der Waals surface area contributed by atoms with E-state index in [9.17, 15) is 12.9 Å². The summed E-state index contributed by atoms with van der Waals surface area (Å²) in [5.74, 6) is 0.511. The minimum Gasteiger partial charge on any atom is -0.494 e. The number of ether oxygens (including phenoxy) is 1. The molecule has 0 aromatic heterocycles. The fraction of sp³-hybridized carbons (Fsp3) is 0.571. The van der Waals surface area contributed by atoms with Crippen LogP contribution in [0.3, 0.4) is 0 Å². The zero-order valence-corrected chi connectivity index (χ0v) is 11.4. The lowest BCUT2D eigenvalue weighted by molar-refractivity contribution is 0.304. The van der Waals surface area contributed by atoms with Gasteiger partial charge in [0.05, 0.1) is 6.61 Å². The van der Waals surface area contributed by atoms with E-state index in [1.165, 1.54) is 37.8 Å². The van der Waals surface area contributed by atoms with Crippen LogP contribution in [-0.4, -0.2) is 13.6 Å². The fourth-order valence-corrected chi connectivity index (χ4v) is 1.85. The highest BCUT2D eigenvalue weighted by Crippen LogP contribution is 2.14. The molecule has 0 radical (unpaired) electrons. The van der Waals surface area contributed by atoms with Crippen molar-refractivity contribution in [2.24, 2.45) is 0 Å². The first-order valence-corrected chi connectivity index (χ1v) is 6.96. The Kier molecular flexibility index (Phi) is 6.81. The number of hydrogen-bond donors (Lipinski definition) is 0. The van der Waals surface area contributed by atoms with Gasteiger partial charge in [-0.05, 0) is 18.6 Å². The van der Waals surface area contributed by atoms with E-state index in [1.807, 2.05) is 0 Å². The van der Waals surface area contributed by atoms with Gasteiger partial charge in [-0.25, -0.2) is 0 Å². The van der Waals surface area contributed by atoms with Crippen LogP contribution >= 0.6 is 0 Å². The number of halogens is 3. The summed E-state index contributed by atoms with van der Waals surface area (Å²) in [5.41, 5.74) is -0.577. The Bertz CT molecular complexity index is 349. The molecule has 0 unspecified atom stereocenters. The SMILES string of the molecule is CCCCCCCCOc1ccc([B-](F)(F)F)cc1. The van der Waals surface area contributed by atoms with Crippen molar-refractivity contribution in [1.29, 1.82) is 0 Å². The maximum absolute atomic E-state index is 12.4. The summed E-state index contributed by atoms with van der Waals surface area (Å²) in [5, 5.41) is 0. The number of unbranched alkanes of at least 4 members (excludes halogenated alkanes) is 5. The smallest absolute Gasteiger partial charge is 0.494 e. The van der Waals surface area contributed by atoms with Crippen LogP contribution in [0.25, 0.3) is 0 Å². The van der Waals surface area contributed by atoms with Crippen LogP contribution in [0.15, 0.2) is 24.3 Å². The minimum atomic E-state index is -4.90. The van der Waals surface area contributed by atoms with E-state index in [1.54, 1.807) is 0 Å². The molecule has 0 aliphatic carbocycles. The maximum Gasteiger partial charge on any atom is 0.509 e. The lowest BCUT2D eigenvalue weighted by Crippen LogP contribution is -2.33. The van der Waals surface area contributed by atoms with Gasteiger partial charge in [0.25, 0.3) is 0 Å². The van der Waals surface area contributed by atoms with Gasteiger partial charge in [-0.2, -0.15) is 0 Å². The van der Waals surface area contributed by atoms with E-state index in [0.717, 1.165) is 25.0 Å². The van der Waals surface area contributed by atoms with Crippen molar-refractivity contribution in [2.75, 3.05) is 6.61 Å². The van der Waals surface area contributed by atoms with Crippen molar-refractivity contribution in [3.05, 3.63) is 24.3 Å². The zero-order valence-electron chi connectivity index (χ0n) is 11.4. The summed E-state index contributed by atoms with van der Waals surface area (Å²) in [6.07, 6.45) is 7.01. The Morgan fingerprint density at radius 1 is 0.895 bits per heavy atom. The van der Waals surface area contributed by atoms with Gasteiger partial charge in [0.1, 0.15) is 5.75 Å². The molecule has 1 aromatic rings. The van der Waals surface area contributed by atoms with Gasteiger partial charge >= 0.3 is 6.98 Å². The summed E-state index contributed by atoms with van der Waals surface area (Å²) in [7, 11) is 0. The molecule has 0 N–H and O–H groups in total. The Hall–Kier alpha value is -1.13. The van der Waals surface area contributed by atoms with Crippen LogP contribution in [0.2, 0.25) is 0 Å². The van der Waals surface area contributed by atoms with E-state index in [0.29, 0.717) is 12.4 Å². The van der Waals surface area contributed by atoms with Crippen molar-refractivity contribution in [1.82, 2.24) is 0 Å². The molecule has 1 nitrogen and oxygen atoms in total. The summed E-state index contributed by atoms with van der Waals surface area (Å²) in [4.78, 5) is 0. The highest BCUT2D eigenvalue weighted by atomic mass is 19.4. The number of benzene rings is 1. The predicted molar refractivity (Wildman–Crippen MR) is 74.0 cm³/mol. The quantitative estimate of drug-likeness (QED) is 0.476. The van der Waals surface area contributed by atoms with E-state index in [-0.39, 0.29) is 0 Å². The average Bonchev–Trinajstić information content (AvgIpc) is 2.37. The standard InChI is InChI=1S/C14H21BF3O/c1-2-3-4-5-6-7-12-19-14-10-8-13(9-11-14)15(16,17)18/h8-11H,2-7,12H2,1H3/q-1. The molecule has 0 heterocycles. The molecule has 0 saturated carbocycles. The molecular formula is C14H21BF3O-. The highest BCUT2D eigenvalue weighted by molar-refractivity contribution is 6.73. The van der Waals surface area contributed by atoms with Gasteiger partial charge in [-0.1, -0.05) is 51.2 Å². The fourth-order valence-electron chi connectivity index (χ4n) is 1.85. The molecule has 0 bridgehead atoms. The van der Waals surface area contributed by atoms with E-state index < -0.39 is 12.4 Å². The highest BCUT2D eigenvalue weighted by Gasteiger charge is 2.24. The van der Waals surface area contributed by atoms with Crippen LogP contribution in [0, 0.1) is 0 Å². The van der Waals surface area contributed by atoms with Crippen molar-refractivity contribution in [2.45, 2.75) is 45.4 Å². The third-order valence-corrected chi connectivity index (χ3v) is 3.02. The second-order valence-electron chi connectivity index (χ2n) is 4.76. The summed E-state index contributed by atoms with van der Waals surface area (Å²) >= 11 is 0. The van der Waals surface area contributed by atoms with Gasteiger partial charge in [0.2, 0.25) is 0 Å². The van der Waals surface area contributed by atoms with E-state index in [4.69, 9.17) is 4.74 Å². The Labute approximate surface area is 113 Å². The number of rotatable bonds is 9. The molecule has 0 aliphatic heterocycles. The minimum absolute atomic E-state index is 0.511. The molecule has 0 fully saturated rings. The third-order valence-electron chi connectivity index (χ3n) is 3.02. The van der Waals surface area contributed by atoms with Crippen LogP contribution in [0.1, 0.15) is 45.4 Å². The van der Waals surface area contributed by atoms with E-state index >= 15 is 0 Å². The molecular weight excluding hydrogens is 252 g/mol. The summed E-state index contributed by atoms with van der Waals surface area (Å²) < 4.78 is 42.6. The Morgan fingerprint density at radius 2 is 1.47 bits per heavy atom.